The van der Waals surface area contributed by atoms with Gasteiger partial charge in [-0.1, -0.05) is 6.07 Å². The summed E-state index contributed by atoms with van der Waals surface area (Å²) in [6, 6.07) is 10.2. The molecular formula is C21H21F2N3O4. The van der Waals surface area contributed by atoms with Crippen LogP contribution in [0.1, 0.15) is 27.8 Å². The molecule has 1 amide bonds. The fourth-order valence-corrected chi connectivity index (χ4v) is 2.98. The highest BCUT2D eigenvalue weighted by Crippen LogP contribution is 2.30. The highest BCUT2D eigenvalue weighted by atomic mass is 19.3. The van der Waals surface area contributed by atoms with Crippen molar-refractivity contribution >= 4 is 5.91 Å². The van der Waals surface area contributed by atoms with Gasteiger partial charge in [-0.3, -0.25) is 4.79 Å². The third-order valence-corrected chi connectivity index (χ3v) is 4.42. The number of carbonyl (C=O) groups is 1. The second kappa shape index (κ2) is 9.25. The number of benzene rings is 2. The van der Waals surface area contributed by atoms with Crippen molar-refractivity contribution < 1.29 is 27.8 Å². The molecule has 0 fully saturated rings. The Bertz CT molecular complexity index is 1000. The van der Waals surface area contributed by atoms with Crippen LogP contribution in [0.15, 0.2) is 54.9 Å². The maximum atomic E-state index is 12.9. The third kappa shape index (κ3) is 4.86. The number of aromatic nitrogens is 2. The Morgan fingerprint density at radius 3 is 2.33 bits per heavy atom. The molecule has 2 aromatic carbocycles. The van der Waals surface area contributed by atoms with Crippen molar-refractivity contribution in [1.82, 2.24) is 14.9 Å². The summed E-state index contributed by atoms with van der Waals surface area (Å²) in [5, 5.41) is 2.90. The van der Waals surface area contributed by atoms with Gasteiger partial charge in [-0.25, -0.2) is 4.98 Å². The van der Waals surface area contributed by atoms with E-state index in [0.717, 1.165) is 0 Å². The van der Waals surface area contributed by atoms with Gasteiger partial charge in [-0.2, -0.15) is 8.78 Å². The van der Waals surface area contributed by atoms with Gasteiger partial charge < -0.3 is 24.1 Å². The van der Waals surface area contributed by atoms with E-state index in [0.29, 0.717) is 22.9 Å². The lowest BCUT2D eigenvalue weighted by atomic mass is 10.0. The summed E-state index contributed by atoms with van der Waals surface area (Å²) >= 11 is 0. The number of nitrogens with one attached hydrogen (secondary N) is 1. The van der Waals surface area contributed by atoms with Crippen molar-refractivity contribution in [1.29, 1.82) is 0 Å². The Morgan fingerprint density at radius 2 is 1.77 bits per heavy atom. The molecule has 7 nitrogen and oxygen atoms in total. The molecule has 1 aromatic heterocycles. The minimum Gasteiger partial charge on any atom is -0.497 e. The summed E-state index contributed by atoms with van der Waals surface area (Å²) in [6.45, 7) is -2.98. The average molecular weight is 417 g/mol. The van der Waals surface area contributed by atoms with Crippen molar-refractivity contribution in [2.75, 3.05) is 14.2 Å². The minimum absolute atomic E-state index is 0.103. The van der Waals surface area contributed by atoms with Crippen LogP contribution in [0.25, 0.3) is 0 Å². The number of aryl methyl sites for hydroxylation is 1. The normalized spacial score (nSPS) is 11.8. The Hall–Kier alpha value is -3.62. The summed E-state index contributed by atoms with van der Waals surface area (Å²) in [6.07, 6.45) is 3.37. The number of amides is 1. The molecule has 0 radical (unpaired) electrons. The van der Waals surface area contributed by atoms with Gasteiger partial charge in [0.1, 0.15) is 29.1 Å². The van der Waals surface area contributed by atoms with Crippen LogP contribution in [0.3, 0.4) is 0 Å². The molecule has 1 unspecified atom stereocenters. The molecule has 30 heavy (non-hydrogen) atoms. The lowest BCUT2D eigenvalue weighted by Crippen LogP contribution is -2.31. The first kappa shape index (κ1) is 21.1. The molecule has 3 aromatic rings. The van der Waals surface area contributed by atoms with E-state index in [-0.39, 0.29) is 11.3 Å². The second-order valence-corrected chi connectivity index (χ2v) is 6.36. The molecule has 158 valence electrons. The van der Waals surface area contributed by atoms with Gasteiger partial charge in [0.2, 0.25) is 0 Å². The molecule has 0 saturated carbocycles. The van der Waals surface area contributed by atoms with Gasteiger partial charge in [0.05, 0.1) is 14.2 Å². The zero-order valence-corrected chi connectivity index (χ0v) is 16.6. The number of alkyl halides is 2. The first-order valence-electron chi connectivity index (χ1n) is 8.97. The molecule has 3 rings (SSSR count). The van der Waals surface area contributed by atoms with Crippen LogP contribution in [0.2, 0.25) is 0 Å². The fraction of sp³-hybridized carbons (Fsp3) is 0.238. The van der Waals surface area contributed by atoms with Gasteiger partial charge in [-0.15, -0.1) is 0 Å². The van der Waals surface area contributed by atoms with Crippen LogP contribution in [0.4, 0.5) is 8.78 Å². The molecule has 0 aliphatic carbocycles. The maximum Gasteiger partial charge on any atom is 0.387 e. The first-order valence-corrected chi connectivity index (χ1v) is 8.97. The number of halogens is 2. The van der Waals surface area contributed by atoms with Crippen LogP contribution in [0, 0.1) is 0 Å². The van der Waals surface area contributed by atoms with E-state index >= 15 is 0 Å². The molecular weight excluding hydrogens is 396 g/mol. The zero-order chi connectivity index (χ0) is 21.7. The third-order valence-electron chi connectivity index (χ3n) is 4.42. The Labute approximate surface area is 172 Å². The quantitative estimate of drug-likeness (QED) is 0.607. The van der Waals surface area contributed by atoms with E-state index in [9.17, 15) is 13.6 Å². The lowest BCUT2D eigenvalue weighted by molar-refractivity contribution is -0.0498. The number of imidazole rings is 1. The van der Waals surface area contributed by atoms with Crippen molar-refractivity contribution in [3.05, 3.63) is 71.8 Å². The van der Waals surface area contributed by atoms with E-state index in [2.05, 4.69) is 15.0 Å². The smallest absolute Gasteiger partial charge is 0.387 e. The molecule has 0 bridgehead atoms. The van der Waals surface area contributed by atoms with Crippen LogP contribution in [0.5, 0.6) is 17.2 Å². The Kier molecular flexibility index (Phi) is 6.51. The number of carbonyl (C=O) groups excluding carboxylic acids is 1. The molecule has 1 N–H and O–H groups in total. The number of ether oxygens (including phenoxy) is 3. The topological polar surface area (TPSA) is 74.6 Å². The lowest BCUT2D eigenvalue weighted by Gasteiger charge is -2.21. The van der Waals surface area contributed by atoms with E-state index in [1.54, 1.807) is 42.2 Å². The van der Waals surface area contributed by atoms with E-state index < -0.39 is 18.6 Å². The molecule has 0 aliphatic rings. The highest BCUT2D eigenvalue weighted by molar-refractivity contribution is 5.95. The largest absolute Gasteiger partial charge is 0.497 e. The molecule has 1 heterocycles. The Balaban J connectivity index is 1.97. The second-order valence-electron chi connectivity index (χ2n) is 6.36. The van der Waals surface area contributed by atoms with Gasteiger partial charge in [0.25, 0.3) is 5.91 Å². The number of methoxy groups -OCH3 is 2. The maximum absolute atomic E-state index is 12.9. The zero-order valence-electron chi connectivity index (χ0n) is 16.6. The summed E-state index contributed by atoms with van der Waals surface area (Å²) in [4.78, 5) is 17.3. The summed E-state index contributed by atoms with van der Waals surface area (Å²) in [7, 11) is 4.86. The minimum atomic E-state index is -2.98. The van der Waals surface area contributed by atoms with E-state index in [1.165, 1.54) is 38.5 Å². The van der Waals surface area contributed by atoms with Crippen LogP contribution in [-0.4, -0.2) is 36.3 Å². The summed E-state index contributed by atoms with van der Waals surface area (Å²) in [5.41, 5.74) is 0.844. The van der Waals surface area contributed by atoms with Crippen molar-refractivity contribution in [2.24, 2.45) is 7.05 Å². The predicted octanol–water partition coefficient (Wildman–Crippen LogP) is 3.56. The number of hydrogen-bond donors (Lipinski definition) is 1. The highest BCUT2D eigenvalue weighted by Gasteiger charge is 2.23. The molecule has 0 spiro atoms. The molecule has 0 aliphatic heterocycles. The van der Waals surface area contributed by atoms with Crippen molar-refractivity contribution in [3.8, 4) is 17.2 Å². The summed E-state index contributed by atoms with van der Waals surface area (Å²) < 4.78 is 41.8. The monoisotopic (exact) mass is 417 g/mol. The standard InChI is InChI=1S/C21H21F2N3O4/c1-26-8-7-24-19(26)18(14-10-16(28-2)12-17(11-14)29-3)25-20(27)13-5-4-6-15(9-13)30-21(22)23/h4-12,18,21H,1-3H3,(H,25,27). The molecule has 9 heteroatoms. The van der Waals surface area contributed by atoms with Crippen molar-refractivity contribution in [3.63, 3.8) is 0 Å². The van der Waals surface area contributed by atoms with Gasteiger partial charge in [0, 0.05) is 31.1 Å². The number of hydrogen-bond acceptors (Lipinski definition) is 5. The van der Waals surface area contributed by atoms with Gasteiger partial charge >= 0.3 is 6.61 Å². The van der Waals surface area contributed by atoms with Crippen LogP contribution in [-0.2, 0) is 7.05 Å². The average Bonchev–Trinajstić information content (AvgIpc) is 3.16. The number of rotatable bonds is 8. The van der Waals surface area contributed by atoms with Gasteiger partial charge in [-0.05, 0) is 35.9 Å². The SMILES string of the molecule is COc1cc(OC)cc(C(NC(=O)c2cccc(OC(F)F)c2)c2nccn2C)c1. The van der Waals surface area contributed by atoms with E-state index in [4.69, 9.17) is 9.47 Å². The molecule has 1 atom stereocenters. The number of nitrogens with zero attached hydrogens (tertiary/aromatic N) is 2. The fourth-order valence-electron chi connectivity index (χ4n) is 2.98. The first-order chi connectivity index (χ1) is 14.4. The van der Waals surface area contributed by atoms with Crippen molar-refractivity contribution in [2.45, 2.75) is 12.7 Å². The van der Waals surface area contributed by atoms with E-state index in [1.807, 2.05) is 0 Å². The molecule has 0 saturated heterocycles. The van der Waals surface area contributed by atoms with Gasteiger partial charge in [0.15, 0.2) is 0 Å². The summed E-state index contributed by atoms with van der Waals surface area (Å²) in [5.74, 6) is 1.08. The predicted molar refractivity (Wildman–Crippen MR) is 105 cm³/mol. The Morgan fingerprint density at radius 1 is 1.07 bits per heavy atom. The van der Waals surface area contributed by atoms with Crippen LogP contribution < -0.4 is 19.5 Å². The van der Waals surface area contributed by atoms with Crippen LogP contribution >= 0.6 is 0 Å².